The third-order valence-corrected chi connectivity index (χ3v) is 11.1. The van der Waals surface area contributed by atoms with Gasteiger partial charge in [0.2, 0.25) is 0 Å². The smallest absolute Gasteiger partial charge is 0.0462 e. The molecule has 0 saturated heterocycles. The second kappa shape index (κ2) is 15.0. The first-order chi connectivity index (χ1) is 28.3. The SMILES string of the molecule is c1ccc(-c2ccc(N(c3ccc(-c4ccc(-c5cccc6ccccc56)cc4)cc3)c3ccc(-c4ccc5ccccc5c4-c4ccccc4)cc3)cc2)cc1. The molecule has 57 heavy (non-hydrogen) atoms. The number of benzene rings is 10. The molecule has 268 valence electrons. The average Bonchev–Trinajstić information content (AvgIpc) is 3.30. The number of rotatable bonds is 8. The Bertz CT molecular complexity index is 2940. The van der Waals surface area contributed by atoms with Crippen LogP contribution < -0.4 is 4.90 Å². The van der Waals surface area contributed by atoms with Gasteiger partial charge in [0.25, 0.3) is 0 Å². The van der Waals surface area contributed by atoms with E-state index >= 15 is 0 Å². The molecule has 10 aromatic rings. The predicted octanol–water partition coefficient (Wildman–Crippen LogP) is 15.8. The lowest BCUT2D eigenvalue weighted by molar-refractivity contribution is 1.28. The van der Waals surface area contributed by atoms with Crippen LogP contribution in [0.5, 0.6) is 0 Å². The van der Waals surface area contributed by atoms with Crippen LogP contribution in [0.1, 0.15) is 0 Å². The van der Waals surface area contributed by atoms with E-state index in [1.807, 2.05) is 0 Å². The largest absolute Gasteiger partial charge is 0.311 e. The number of fused-ring (bicyclic) bond motifs is 2. The molecule has 0 saturated carbocycles. The minimum Gasteiger partial charge on any atom is -0.311 e. The zero-order chi connectivity index (χ0) is 38.0. The van der Waals surface area contributed by atoms with E-state index in [-0.39, 0.29) is 0 Å². The van der Waals surface area contributed by atoms with E-state index < -0.39 is 0 Å². The summed E-state index contributed by atoms with van der Waals surface area (Å²) in [6.07, 6.45) is 0. The van der Waals surface area contributed by atoms with Gasteiger partial charge in [-0.25, -0.2) is 0 Å². The van der Waals surface area contributed by atoms with Gasteiger partial charge in [-0.3, -0.25) is 0 Å². The Labute approximate surface area is 334 Å². The topological polar surface area (TPSA) is 3.24 Å². The van der Waals surface area contributed by atoms with E-state index in [9.17, 15) is 0 Å². The molecule has 1 nitrogen and oxygen atoms in total. The lowest BCUT2D eigenvalue weighted by Crippen LogP contribution is -2.09. The van der Waals surface area contributed by atoms with Crippen LogP contribution in [0.2, 0.25) is 0 Å². The first kappa shape index (κ1) is 34.0. The lowest BCUT2D eigenvalue weighted by atomic mass is 9.90. The van der Waals surface area contributed by atoms with E-state index in [4.69, 9.17) is 0 Å². The van der Waals surface area contributed by atoms with Crippen LogP contribution in [0, 0.1) is 0 Å². The average molecular weight is 726 g/mol. The van der Waals surface area contributed by atoms with Gasteiger partial charge in [0.15, 0.2) is 0 Å². The highest BCUT2D eigenvalue weighted by atomic mass is 15.1. The van der Waals surface area contributed by atoms with Crippen molar-refractivity contribution < 1.29 is 0 Å². The molecule has 0 bridgehead atoms. The van der Waals surface area contributed by atoms with Crippen LogP contribution in [-0.2, 0) is 0 Å². The highest BCUT2D eigenvalue weighted by Crippen LogP contribution is 2.41. The van der Waals surface area contributed by atoms with Crippen LogP contribution in [0.3, 0.4) is 0 Å². The van der Waals surface area contributed by atoms with Gasteiger partial charge in [-0.05, 0) is 114 Å². The van der Waals surface area contributed by atoms with E-state index in [0.29, 0.717) is 0 Å². The summed E-state index contributed by atoms with van der Waals surface area (Å²) in [5.41, 5.74) is 15.4. The first-order valence-corrected chi connectivity index (χ1v) is 19.6. The Morgan fingerprint density at radius 1 is 0.211 bits per heavy atom. The summed E-state index contributed by atoms with van der Waals surface area (Å²) in [6.45, 7) is 0. The zero-order valence-corrected chi connectivity index (χ0v) is 31.5. The second-order valence-corrected chi connectivity index (χ2v) is 14.5. The normalized spacial score (nSPS) is 11.2. The van der Waals surface area contributed by atoms with Crippen LogP contribution in [-0.4, -0.2) is 0 Å². The minimum atomic E-state index is 1.10. The molecule has 0 aliphatic carbocycles. The molecular weight excluding hydrogens is 687 g/mol. The highest BCUT2D eigenvalue weighted by molar-refractivity contribution is 6.04. The Hall–Kier alpha value is -7.48. The molecule has 0 aromatic heterocycles. The van der Waals surface area contributed by atoms with Gasteiger partial charge in [-0.15, -0.1) is 0 Å². The summed E-state index contributed by atoms with van der Waals surface area (Å²) in [7, 11) is 0. The van der Waals surface area contributed by atoms with Crippen LogP contribution in [0.25, 0.3) is 77.2 Å². The zero-order valence-electron chi connectivity index (χ0n) is 31.5. The Morgan fingerprint density at radius 2 is 0.596 bits per heavy atom. The first-order valence-electron chi connectivity index (χ1n) is 19.6. The van der Waals surface area contributed by atoms with Crippen molar-refractivity contribution in [3.8, 4) is 55.6 Å². The molecule has 0 N–H and O–H groups in total. The third kappa shape index (κ3) is 6.66. The number of hydrogen-bond donors (Lipinski definition) is 0. The molecule has 0 amide bonds. The summed E-state index contributed by atoms with van der Waals surface area (Å²) in [4.78, 5) is 2.35. The van der Waals surface area contributed by atoms with Crippen molar-refractivity contribution >= 4 is 38.6 Å². The molecule has 0 heterocycles. The predicted molar refractivity (Wildman–Crippen MR) is 243 cm³/mol. The quantitative estimate of drug-likeness (QED) is 0.151. The summed E-state index contributed by atoms with van der Waals surface area (Å²) in [5.74, 6) is 0. The Kier molecular flexibility index (Phi) is 8.95. The molecule has 0 aliphatic rings. The molecule has 0 aliphatic heterocycles. The molecule has 0 spiro atoms. The van der Waals surface area contributed by atoms with Crippen LogP contribution >= 0.6 is 0 Å². The van der Waals surface area contributed by atoms with Crippen molar-refractivity contribution in [1.82, 2.24) is 0 Å². The van der Waals surface area contributed by atoms with Crippen molar-refractivity contribution in [3.63, 3.8) is 0 Å². The van der Waals surface area contributed by atoms with Gasteiger partial charge in [-0.1, -0.05) is 200 Å². The van der Waals surface area contributed by atoms with Crippen LogP contribution in [0.15, 0.2) is 237 Å². The number of nitrogens with zero attached hydrogens (tertiary/aromatic N) is 1. The van der Waals surface area contributed by atoms with E-state index in [2.05, 4.69) is 241 Å². The summed E-state index contributed by atoms with van der Waals surface area (Å²) in [5, 5.41) is 5.03. The van der Waals surface area contributed by atoms with Gasteiger partial charge in [-0.2, -0.15) is 0 Å². The molecule has 0 unspecified atom stereocenters. The molecule has 0 radical (unpaired) electrons. The number of hydrogen-bond acceptors (Lipinski definition) is 1. The maximum atomic E-state index is 2.35. The molecule has 1 heteroatoms. The third-order valence-electron chi connectivity index (χ3n) is 11.1. The van der Waals surface area contributed by atoms with Gasteiger partial charge in [0.1, 0.15) is 0 Å². The van der Waals surface area contributed by atoms with Crippen LogP contribution in [0.4, 0.5) is 17.1 Å². The molecular formula is C56H39N. The van der Waals surface area contributed by atoms with E-state index in [0.717, 1.165) is 17.1 Å². The van der Waals surface area contributed by atoms with Gasteiger partial charge >= 0.3 is 0 Å². The van der Waals surface area contributed by atoms with Crippen molar-refractivity contribution in [2.45, 2.75) is 0 Å². The lowest BCUT2D eigenvalue weighted by Gasteiger charge is -2.26. The molecule has 0 atom stereocenters. The molecule has 10 aromatic carbocycles. The highest BCUT2D eigenvalue weighted by Gasteiger charge is 2.16. The fraction of sp³-hybridized carbons (Fsp3) is 0. The fourth-order valence-corrected chi connectivity index (χ4v) is 8.22. The van der Waals surface area contributed by atoms with Crippen molar-refractivity contribution in [2.24, 2.45) is 0 Å². The second-order valence-electron chi connectivity index (χ2n) is 14.5. The number of anilines is 3. The Morgan fingerprint density at radius 3 is 1.18 bits per heavy atom. The van der Waals surface area contributed by atoms with Crippen molar-refractivity contribution in [3.05, 3.63) is 237 Å². The Balaban J connectivity index is 1.01. The van der Waals surface area contributed by atoms with Gasteiger partial charge in [0, 0.05) is 17.1 Å². The summed E-state index contributed by atoms with van der Waals surface area (Å²) >= 11 is 0. The van der Waals surface area contributed by atoms with Crippen molar-refractivity contribution in [2.75, 3.05) is 4.90 Å². The van der Waals surface area contributed by atoms with Gasteiger partial charge in [0.05, 0.1) is 0 Å². The monoisotopic (exact) mass is 725 g/mol. The maximum Gasteiger partial charge on any atom is 0.0462 e. The maximum absolute atomic E-state index is 2.35. The standard InChI is InChI=1S/C56H39N/c1-3-12-40(13-4-1)42-26-33-49(34-27-42)57(50-35-28-43(29-36-50)41-22-24-46(25-23-41)53-21-11-18-44-14-7-9-19-52(44)53)51-37-30-47(31-38-51)55-39-32-45-15-8-10-20-54(45)56(55)48-16-5-2-6-17-48/h1-39H. The van der Waals surface area contributed by atoms with E-state index in [1.54, 1.807) is 0 Å². The van der Waals surface area contributed by atoms with Gasteiger partial charge < -0.3 is 4.90 Å². The summed E-state index contributed by atoms with van der Waals surface area (Å²) in [6, 6.07) is 85.5. The summed E-state index contributed by atoms with van der Waals surface area (Å²) < 4.78 is 0. The molecule has 0 fully saturated rings. The molecule has 10 rings (SSSR count). The minimum absolute atomic E-state index is 1.10. The van der Waals surface area contributed by atoms with E-state index in [1.165, 1.54) is 77.2 Å². The van der Waals surface area contributed by atoms with Crippen molar-refractivity contribution in [1.29, 1.82) is 0 Å². The fourth-order valence-electron chi connectivity index (χ4n) is 8.22.